The standard InChI is InChI=1S/C15H24N2O3S/c1-12-6-8-13(9-7-12)17-21(18,19)11-10-20-15-5-3-2-4-14(15)16/h2-5,12-13,17H,6-11,16H2,1H3. The van der Waals surface area contributed by atoms with E-state index in [0.717, 1.165) is 25.7 Å². The highest BCUT2D eigenvalue weighted by atomic mass is 32.2. The third kappa shape index (κ3) is 5.21. The molecule has 1 aromatic rings. The molecule has 0 aromatic heterocycles. The maximum Gasteiger partial charge on any atom is 0.215 e. The molecule has 1 aliphatic carbocycles. The van der Waals surface area contributed by atoms with Crippen LogP contribution in [0.15, 0.2) is 24.3 Å². The van der Waals surface area contributed by atoms with Crippen molar-refractivity contribution in [3.8, 4) is 5.75 Å². The van der Waals surface area contributed by atoms with E-state index in [-0.39, 0.29) is 18.4 Å². The van der Waals surface area contributed by atoms with Crippen LogP contribution in [0, 0.1) is 5.92 Å². The van der Waals surface area contributed by atoms with E-state index in [1.165, 1.54) is 0 Å². The van der Waals surface area contributed by atoms with Crippen molar-refractivity contribution >= 4 is 15.7 Å². The van der Waals surface area contributed by atoms with Crippen LogP contribution in [0.5, 0.6) is 5.75 Å². The summed E-state index contributed by atoms with van der Waals surface area (Å²) in [6.07, 6.45) is 4.02. The Labute approximate surface area is 126 Å². The number of nitrogens with two attached hydrogens (primary N) is 1. The second-order valence-corrected chi connectivity index (χ2v) is 7.65. The van der Waals surface area contributed by atoms with Crippen LogP contribution < -0.4 is 15.2 Å². The molecule has 1 saturated carbocycles. The summed E-state index contributed by atoms with van der Waals surface area (Å²) in [5.41, 5.74) is 6.26. The van der Waals surface area contributed by atoms with Crippen molar-refractivity contribution in [2.75, 3.05) is 18.1 Å². The predicted molar refractivity (Wildman–Crippen MR) is 84.7 cm³/mol. The largest absolute Gasteiger partial charge is 0.490 e. The highest BCUT2D eigenvalue weighted by molar-refractivity contribution is 7.89. The van der Waals surface area contributed by atoms with Crippen molar-refractivity contribution in [1.82, 2.24) is 4.72 Å². The maximum atomic E-state index is 12.0. The second kappa shape index (κ2) is 7.13. The summed E-state index contributed by atoms with van der Waals surface area (Å²) >= 11 is 0. The summed E-state index contributed by atoms with van der Waals surface area (Å²) in [6.45, 7) is 2.31. The first-order valence-corrected chi connectivity index (χ1v) is 9.09. The van der Waals surface area contributed by atoms with Crippen LogP contribution in [-0.2, 0) is 10.0 Å². The van der Waals surface area contributed by atoms with Gasteiger partial charge in [-0.3, -0.25) is 0 Å². The van der Waals surface area contributed by atoms with E-state index >= 15 is 0 Å². The molecule has 0 amide bonds. The molecular formula is C15H24N2O3S. The van der Waals surface area contributed by atoms with E-state index in [0.29, 0.717) is 17.4 Å². The molecular weight excluding hydrogens is 288 g/mol. The fraction of sp³-hybridized carbons (Fsp3) is 0.600. The van der Waals surface area contributed by atoms with Gasteiger partial charge >= 0.3 is 0 Å². The minimum absolute atomic E-state index is 0.0482. The summed E-state index contributed by atoms with van der Waals surface area (Å²) in [6, 6.07) is 7.16. The van der Waals surface area contributed by atoms with Crippen LogP contribution in [-0.4, -0.2) is 26.8 Å². The second-order valence-electron chi connectivity index (χ2n) is 5.78. The molecule has 5 nitrogen and oxygen atoms in total. The summed E-state index contributed by atoms with van der Waals surface area (Å²) in [5, 5.41) is 0. The zero-order valence-corrected chi connectivity index (χ0v) is 13.2. The van der Waals surface area contributed by atoms with E-state index in [1.54, 1.807) is 12.1 Å². The molecule has 1 aliphatic rings. The van der Waals surface area contributed by atoms with Crippen LogP contribution in [0.25, 0.3) is 0 Å². The molecule has 0 bridgehead atoms. The minimum atomic E-state index is -3.30. The molecule has 0 heterocycles. The van der Waals surface area contributed by atoms with Crippen molar-refractivity contribution in [1.29, 1.82) is 0 Å². The minimum Gasteiger partial charge on any atom is -0.490 e. The third-order valence-electron chi connectivity index (χ3n) is 3.89. The number of nitrogens with one attached hydrogen (secondary N) is 1. The average molecular weight is 312 g/mol. The van der Waals surface area contributed by atoms with Gasteiger partial charge in [-0.25, -0.2) is 13.1 Å². The fourth-order valence-electron chi connectivity index (χ4n) is 2.56. The number of para-hydroxylation sites is 2. The van der Waals surface area contributed by atoms with Gasteiger partial charge < -0.3 is 10.5 Å². The SMILES string of the molecule is CC1CCC(NS(=O)(=O)CCOc2ccccc2N)CC1. The summed E-state index contributed by atoms with van der Waals surface area (Å²) < 4.78 is 32.3. The monoisotopic (exact) mass is 312 g/mol. The molecule has 1 fully saturated rings. The van der Waals surface area contributed by atoms with Crippen LogP contribution in [0.3, 0.4) is 0 Å². The molecule has 0 aliphatic heterocycles. The van der Waals surface area contributed by atoms with Crippen LogP contribution >= 0.6 is 0 Å². The zero-order chi connectivity index (χ0) is 15.3. The van der Waals surface area contributed by atoms with Gasteiger partial charge in [0.2, 0.25) is 10.0 Å². The number of ether oxygens (including phenoxy) is 1. The van der Waals surface area contributed by atoms with Gasteiger partial charge in [-0.15, -0.1) is 0 Å². The van der Waals surface area contributed by atoms with E-state index in [2.05, 4.69) is 11.6 Å². The smallest absolute Gasteiger partial charge is 0.215 e. The highest BCUT2D eigenvalue weighted by Crippen LogP contribution is 2.24. The summed E-state index contributed by atoms with van der Waals surface area (Å²) in [7, 11) is -3.30. The van der Waals surface area contributed by atoms with Crippen LogP contribution in [0.2, 0.25) is 0 Å². The molecule has 0 spiro atoms. The zero-order valence-electron chi connectivity index (χ0n) is 12.4. The summed E-state index contributed by atoms with van der Waals surface area (Å²) in [4.78, 5) is 0. The van der Waals surface area contributed by atoms with Gasteiger partial charge in [-0.2, -0.15) is 0 Å². The lowest BCUT2D eigenvalue weighted by Crippen LogP contribution is -2.39. The molecule has 0 unspecified atom stereocenters. The Morgan fingerprint density at radius 3 is 2.57 bits per heavy atom. The number of hydrogen-bond acceptors (Lipinski definition) is 4. The first-order valence-electron chi connectivity index (χ1n) is 7.43. The molecule has 2 rings (SSSR count). The molecule has 0 radical (unpaired) electrons. The van der Waals surface area contributed by atoms with E-state index < -0.39 is 10.0 Å². The average Bonchev–Trinajstić information content (AvgIpc) is 2.43. The number of nitrogen functional groups attached to an aromatic ring is 1. The summed E-state index contributed by atoms with van der Waals surface area (Å²) in [5.74, 6) is 1.18. The number of rotatable bonds is 6. The number of sulfonamides is 1. The number of hydrogen-bond donors (Lipinski definition) is 2. The third-order valence-corrected chi connectivity index (χ3v) is 5.29. The van der Waals surface area contributed by atoms with Gasteiger partial charge in [0.05, 0.1) is 11.4 Å². The molecule has 118 valence electrons. The van der Waals surface area contributed by atoms with Gasteiger partial charge in [0.15, 0.2) is 0 Å². The number of anilines is 1. The van der Waals surface area contributed by atoms with Crippen LogP contribution in [0.4, 0.5) is 5.69 Å². The van der Waals surface area contributed by atoms with Crippen molar-refractivity contribution < 1.29 is 13.2 Å². The topological polar surface area (TPSA) is 81.4 Å². The van der Waals surface area contributed by atoms with Gasteiger partial charge in [-0.1, -0.05) is 19.1 Å². The molecule has 3 N–H and O–H groups in total. The first-order chi connectivity index (χ1) is 9.96. The normalized spacial score (nSPS) is 22.9. The van der Waals surface area contributed by atoms with E-state index in [9.17, 15) is 8.42 Å². The van der Waals surface area contributed by atoms with Gasteiger partial charge in [0.1, 0.15) is 12.4 Å². The van der Waals surface area contributed by atoms with E-state index in [1.807, 2.05) is 12.1 Å². The number of benzene rings is 1. The lowest BCUT2D eigenvalue weighted by Gasteiger charge is -2.26. The molecule has 0 saturated heterocycles. The lowest BCUT2D eigenvalue weighted by molar-refractivity contribution is 0.326. The van der Waals surface area contributed by atoms with Crippen molar-refractivity contribution in [3.05, 3.63) is 24.3 Å². The fourth-order valence-corrected chi connectivity index (χ4v) is 3.73. The van der Waals surface area contributed by atoms with Gasteiger partial charge in [-0.05, 0) is 43.7 Å². The van der Waals surface area contributed by atoms with Crippen LogP contribution in [0.1, 0.15) is 32.6 Å². The Kier molecular flexibility index (Phi) is 5.47. The highest BCUT2D eigenvalue weighted by Gasteiger charge is 2.22. The molecule has 1 aromatic carbocycles. The maximum absolute atomic E-state index is 12.0. The van der Waals surface area contributed by atoms with Gasteiger partial charge in [0.25, 0.3) is 0 Å². The molecule has 21 heavy (non-hydrogen) atoms. The van der Waals surface area contributed by atoms with Crippen molar-refractivity contribution in [3.63, 3.8) is 0 Å². The quantitative estimate of drug-likeness (QED) is 0.789. The van der Waals surface area contributed by atoms with Crippen molar-refractivity contribution in [2.45, 2.75) is 38.6 Å². The molecule has 6 heteroatoms. The lowest BCUT2D eigenvalue weighted by atomic mass is 9.88. The first kappa shape index (κ1) is 16.1. The molecule has 0 atom stereocenters. The van der Waals surface area contributed by atoms with Gasteiger partial charge in [0, 0.05) is 6.04 Å². The Morgan fingerprint density at radius 2 is 1.90 bits per heavy atom. The Balaban J connectivity index is 1.78. The van der Waals surface area contributed by atoms with E-state index in [4.69, 9.17) is 10.5 Å². The Hall–Kier alpha value is -1.27. The van der Waals surface area contributed by atoms with Crippen molar-refractivity contribution in [2.24, 2.45) is 5.92 Å². The predicted octanol–water partition coefficient (Wildman–Crippen LogP) is 2.15. The Morgan fingerprint density at radius 1 is 1.24 bits per heavy atom. The Bertz CT molecular complexity index is 552.